The summed E-state index contributed by atoms with van der Waals surface area (Å²) in [5.74, 6) is 1.23. The van der Waals surface area contributed by atoms with Crippen LogP contribution in [-0.2, 0) is 20.7 Å². The molecule has 0 aliphatic heterocycles. The SMILES string of the molecule is CCOC(=O)C(C)CCNC(=O)CCc1ccc(C)o1. The summed E-state index contributed by atoms with van der Waals surface area (Å²) in [5.41, 5.74) is 0. The molecular weight excluding hydrogens is 258 g/mol. The second-order valence-electron chi connectivity index (χ2n) is 4.80. The van der Waals surface area contributed by atoms with Crippen LogP contribution < -0.4 is 5.32 Å². The van der Waals surface area contributed by atoms with Crippen LogP contribution in [0.2, 0.25) is 0 Å². The molecule has 20 heavy (non-hydrogen) atoms. The summed E-state index contributed by atoms with van der Waals surface area (Å²) in [4.78, 5) is 23.0. The summed E-state index contributed by atoms with van der Waals surface area (Å²) in [7, 11) is 0. The number of esters is 1. The molecule has 1 aromatic rings. The first-order valence-corrected chi connectivity index (χ1v) is 7.01. The lowest BCUT2D eigenvalue weighted by Gasteiger charge is -2.10. The Morgan fingerprint density at radius 1 is 1.40 bits per heavy atom. The third-order valence-electron chi connectivity index (χ3n) is 2.98. The Morgan fingerprint density at radius 3 is 2.75 bits per heavy atom. The molecule has 0 saturated heterocycles. The Kier molecular flexibility index (Phi) is 6.84. The normalized spacial score (nSPS) is 11.9. The number of aryl methyl sites for hydroxylation is 2. The van der Waals surface area contributed by atoms with Crippen LogP contribution in [0.1, 0.15) is 38.2 Å². The first-order chi connectivity index (χ1) is 9.52. The minimum absolute atomic E-state index is 0.0323. The second-order valence-corrected chi connectivity index (χ2v) is 4.80. The van der Waals surface area contributed by atoms with Crippen molar-refractivity contribution in [1.82, 2.24) is 5.32 Å². The van der Waals surface area contributed by atoms with Crippen molar-refractivity contribution in [3.05, 3.63) is 23.7 Å². The maximum absolute atomic E-state index is 11.6. The van der Waals surface area contributed by atoms with E-state index in [9.17, 15) is 9.59 Å². The molecule has 0 radical (unpaired) electrons. The summed E-state index contributed by atoms with van der Waals surface area (Å²) < 4.78 is 10.3. The minimum atomic E-state index is -0.215. The van der Waals surface area contributed by atoms with Crippen LogP contribution in [0.4, 0.5) is 0 Å². The first kappa shape index (κ1) is 16.3. The van der Waals surface area contributed by atoms with Gasteiger partial charge in [-0.05, 0) is 32.4 Å². The van der Waals surface area contributed by atoms with Gasteiger partial charge >= 0.3 is 5.97 Å². The lowest BCUT2D eigenvalue weighted by atomic mass is 10.1. The molecule has 1 unspecified atom stereocenters. The van der Waals surface area contributed by atoms with E-state index in [0.29, 0.717) is 32.4 Å². The highest BCUT2D eigenvalue weighted by molar-refractivity contribution is 5.76. The van der Waals surface area contributed by atoms with Gasteiger partial charge in [0.1, 0.15) is 11.5 Å². The van der Waals surface area contributed by atoms with E-state index < -0.39 is 0 Å². The molecule has 0 aliphatic rings. The van der Waals surface area contributed by atoms with E-state index in [1.54, 1.807) is 13.8 Å². The Hall–Kier alpha value is -1.78. The van der Waals surface area contributed by atoms with Gasteiger partial charge in [0.2, 0.25) is 5.91 Å². The van der Waals surface area contributed by atoms with Crippen LogP contribution in [0.3, 0.4) is 0 Å². The molecule has 0 aromatic carbocycles. The summed E-state index contributed by atoms with van der Waals surface area (Å²) in [6.45, 7) is 6.33. The van der Waals surface area contributed by atoms with Crippen molar-refractivity contribution in [2.45, 2.75) is 40.0 Å². The molecule has 1 atom stereocenters. The fourth-order valence-corrected chi connectivity index (χ4v) is 1.78. The third kappa shape index (κ3) is 5.91. The molecule has 0 spiro atoms. The van der Waals surface area contributed by atoms with E-state index in [1.807, 2.05) is 19.1 Å². The van der Waals surface area contributed by atoms with E-state index in [0.717, 1.165) is 11.5 Å². The molecule has 1 amide bonds. The first-order valence-electron chi connectivity index (χ1n) is 7.01. The van der Waals surface area contributed by atoms with Crippen LogP contribution in [0.5, 0.6) is 0 Å². The zero-order valence-electron chi connectivity index (χ0n) is 12.4. The van der Waals surface area contributed by atoms with Crippen molar-refractivity contribution >= 4 is 11.9 Å². The Morgan fingerprint density at radius 2 is 2.15 bits per heavy atom. The van der Waals surface area contributed by atoms with Crippen LogP contribution in [-0.4, -0.2) is 25.0 Å². The van der Waals surface area contributed by atoms with E-state index >= 15 is 0 Å². The van der Waals surface area contributed by atoms with Gasteiger partial charge in [-0.2, -0.15) is 0 Å². The summed E-state index contributed by atoms with van der Waals surface area (Å²) >= 11 is 0. The van der Waals surface area contributed by atoms with Crippen LogP contribution in [0.25, 0.3) is 0 Å². The predicted octanol–water partition coefficient (Wildman–Crippen LogP) is 2.23. The highest BCUT2D eigenvalue weighted by atomic mass is 16.5. The molecule has 0 saturated carbocycles. The van der Waals surface area contributed by atoms with Gasteiger partial charge in [0, 0.05) is 19.4 Å². The summed E-state index contributed by atoms with van der Waals surface area (Å²) in [6, 6.07) is 3.76. The van der Waals surface area contributed by atoms with Gasteiger partial charge in [-0.1, -0.05) is 6.92 Å². The van der Waals surface area contributed by atoms with Gasteiger partial charge in [0.15, 0.2) is 0 Å². The van der Waals surface area contributed by atoms with Gasteiger partial charge in [-0.3, -0.25) is 9.59 Å². The zero-order chi connectivity index (χ0) is 15.0. The van der Waals surface area contributed by atoms with E-state index in [4.69, 9.17) is 9.15 Å². The van der Waals surface area contributed by atoms with E-state index in [2.05, 4.69) is 5.32 Å². The summed E-state index contributed by atoms with van der Waals surface area (Å²) in [5, 5.41) is 2.80. The summed E-state index contributed by atoms with van der Waals surface area (Å²) in [6.07, 6.45) is 1.57. The Balaban J connectivity index is 2.15. The molecule has 1 N–H and O–H groups in total. The lowest BCUT2D eigenvalue weighted by molar-refractivity contribution is -0.147. The number of hydrogen-bond donors (Lipinski definition) is 1. The predicted molar refractivity (Wildman–Crippen MR) is 75.2 cm³/mol. The molecule has 0 bridgehead atoms. The van der Waals surface area contributed by atoms with Crippen molar-refractivity contribution in [2.24, 2.45) is 5.92 Å². The van der Waals surface area contributed by atoms with Gasteiger partial charge in [0.05, 0.1) is 12.5 Å². The smallest absolute Gasteiger partial charge is 0.308 e. The fourth-order valence-electron chi connectivity index (χ4n) is 1.78. The monoisotopic (exact) mass is 281 g/mol. The number of carbonyl (C=O) groups is 2. The number of ether oxygens (including phenoxy) is 1. The van der Waals surface area contributed by atoms with Crippen LogP contribution >= 0.6 is 0 Å². The van der Waals surface area contributed by atoms with Crippen molar-refractivity contribution in [1.29, 1.82) is 0 Å². The van der Waals surface area contributed by atoms with Gasteiger partial charge in [-0.15, -0.1) is 0 Å². The Labute approximate surface area is 119 Å². The van der Waals surface area contributed by atoms with E-state index in [1.165, 1.54) is 0 Å². The highest BCUT2D eigenvalue weighted by Crippen LogP contribution is 2.08. The number of nitrogens with one attached hydrogen (secondary N) is 1. The zero-order valence-corrected chi connectivity index (χ0v) is 12.4. The fraction of sp³-hybridized carbons (Fsp3) is 0.600. The average Bonchev–Trinajstić information content (AvgIpc) is 2.82. The molecule has 1 aromatic heterocycles. The maximum atomic E-state index is 11.6. The standard InChI is InChI=1S/C15H23NO4/c1-4-19-15(18)11(2)9-10-16-14(17)8-7-13-6-5-12(3)20-13/h5-6,11H,4,7-10H2,1-3H3,(H,16,17). The maximum Gasteiger partial charge on any atom is 0.308 e. The molecule has 0 aliphatic carbocycles. The van der Waals surface area contributed by atoms with Crippen molar-refractivity contribution in [3.63, 3.8) is 0 Å². The molecule has 0 fully saturated rings. The molecular formula is C15H23NO4. The largest absolute Gasteiger partial charge is 0.466 e. The molecule has 1 heterocycles. The Bertz CT molecular complexity index is 439. The third-order valence-corrected chi connectivity index (χ3v) is 2.98. The van der Waals surface area contributed by atoms with Gasteiger partial charge < -0.3 is 14.5 Å². The molecule has 1 rings (SSSR count). The van der Waals surface area contributed by atoms with Gasteiger partial charge in [-0.25, -0.2) is 0 Å². The van der Waals surface area contributed by atoms with Crippen molar-refractivity contribution in [2.75, 3.05) is 13.2 Å². The lowest BCUT2D eigenvalue weighted by Crippen LogP contribution is -2.27. The number of carbonyl (C=O) groups excluding carboxylic acids is 2. The van der Waals surface area contributed by atoms with Crippen LogP contribution in [0.15, 0.2) is 16.5 Å². The van der Waals surface area contributed by atoms with E-state index in [-0.39, 0.29) is 17.8 Å². The van der Waals surface area contributed by atoms with Crippen molar-refractivity contribution < 1.29 is 18.7 Å². The second kappa shape index (κ2) is 8.40. The van der Waals surface area contributed by atoms with Gasteiger partial charge in [0.25, 0.3) is 0 Å². The quantitative estimate of drug-likeness (QED) is 0.742. The number of hydrogen-bond acceptors (Lipinski definition) is 4. The topological polar surface area (TPSA) is 68.5 Å². The number of rotatable bonds is 8. The molecule has 5 heteroatoms. The average molecular weight is 281 g/mol. The van der Waals surface area contributed by atoms with Crippen LogP contribution in [0, 0.1) is 12.8 Å². The molecule has 112 valence electrons. The molecule has 5 nitrogen and oxygen atoms in total. The minimum Gasteiger partial charge on any atom is -0.466 e. The highest BCUT2D eigenvalue weighted by Gasteiger charge is 2.13. The number of furan rings is 1. The number of amides is 1. The van der Waals surface area contributed by atoms with Crippen molar-refractivity contribution in [3.8, 4) is 0 Å².